The van der Waals surface area contributed by atoms with Crippen molar-refractivity contribution < 1.29 is 14.6 Å². The van der Waals surface area contributed by atoms with Crippen molar-refractivity contribution in [1.29, 1.82) is 0 Å². The molecule has 154 valence electrons. The minimum absolute atomic E-state index is 0.0850. The molecule has 1 aliphatic heterocycles. The molecule has 0 amide bonds. The van der Waals surface area contributed by atoms with E-state index < -0.39 is 0 Å². The maximum absolute atomic E-state index is 8.72. The zero-order valence-corrected chi connectivity index (χ0v) is 17.1. The molecule has 0 spiro atoms. The molecule has 3 heteroatoms. The second-order valence-electron chi connectivity index (χ2n) is 7.68. The lowest BCUT2D eigenvalue weighted by molar-refractivity contribution is -0.162. The molecule has 1 aliphatic rings. The van der Waals surface area contributed by atoms with Crippen molar-refractivity contribution in [3.63, 3.8) is 0 Å². The first kappa shape index (κ1) is 23.7. The third kappa shape index (κ3) is 15.8. The predicted molar refractivity (Wildman–Crippen MR) is 110 cm³/mol. The summed E-state index contributed by atoms with van der Waals surface area (Å²) in [5, 5.41) is 8.72. The molecule has 1 unspecified atom stereocenters. The molecule has 0 bridgehead atoms. The third-order valence-corrected chi connectivity index (χ3v) is 5.15. The Kier molecular flexibility index (Phi) is 17.6. The Labute approximate surface area is 162 Å². The molecule has 0 aromatic rings. The van der Waals surface area contributed by atoms with Crippen LogP contribution in [0.4, 0.5) is 0 Å². The summed E-state index contributed by atoms with van der Waals surface area (Å²) in [5.74, 6) is 0. The minimum atomic E-state index is 0.0850. The number of ether oxygens (including phenoxy) is 2. The van der Waals surface area contributed by atoms with Crippen LogP contribution in [0.2, 0.25) is 0 Å². The molecule has 1 fully saturated rings. The van der Waals surface area contributed by atoms with Gasteiger partial charge in [0.05, 0.1) is 0 Å². The summed E-state index contributed by atoms with van der Waals surface area (Å²) >= 11 is 0. The highest BCUT2D eigenvalue weighted by molar-refractivity contribution is 4.81. The monoisotopic (exact) mass is 368 g/mol. The number of rotatable bonds is 18. The molecular weight excluding hydrogens is 324 g/mol. The lowest BCUT2D eigenvalue weighted by Crippen LogP contribution is -2.22. The van der Waals surface area contributed by atoms with Gasteiger partial charge in [-0.3, -0.25) is 0 Å². The standard InChI is InChI=1S/C23H44O3/c24-20-16-13-11-9-7-5-3-1-2-4-6-8-10-12-14-17-21-25-23-19-15-18-22-26-23/h1-2,23-24H,3-22H2/b2-1-. The van der Waals surface area contributed by atoms with Crippen LogP contribution in [0.5, 0.6) is 0 Å². The quantitative estimate of drug-likeness (QED) is 0.220. The van der Waals surface area contributed by atoms with Crippen molar-refractivity contribution in [3.05, 3.63) is 12.2 Å². The highest BCUT2D eigenvalue weighted by atomic mass is 16.7. The molecule has 3 nitrogen and oxygen atoms in total. The maximum Gasteiger partial charge on any atom is 0.157 e. The van der Waals surface area contributed by atoms with E-state index in [1.807, 2.05) is 0 Å². The number of aliphatic hydroxyl groups excluding tert-OH is 1. The second-order valence-corrected chi connectivity index (χ2v) is 7.68. The highest BCUT2D eigenvalue weighted by Crippen LogP contribution is 2.15. The number of hydrogen-bond acceptors (Lipinski definition) is 3. The third-order valence-electron chi connectivity index (χ3n) is 5.15. The van der Waals surface area contributed by atoms with Crippen molar-refractivity contribution in [2.24, 2.45) is 0 Å². The van der Waals surface area contributed by atoms with Crippen LogP contribution in [0.25, 0.3) is 0 Å². The Morgan fingerprint density at radius 2 is 1.31 bits per heavy atom. The van der Waals surface area contributed by atoms with Crippen LogP contribution < -0.4 is 0 Å². The molecular formula is C23H44O3. The van der Waals surface area contributed by atoms with Crippen molar-refractivity contribution in [3.8, 4) is 0 Å². The number of hydrogen-bond donors (Lipinski definition) is 1. The van der Waals surface area contributed by atoms with Gasteiger partial charge in [0.15, 0.2) is 6.29 Å². The molecule has 26 heavy (non-hydrogen) atoms. The normalized spacial score (nSPS) is 18.0. The number of aliphatic hydroxyl groups is 1. The largest absolute Gasteiger partial charge is 0.396 e. The van der Waals surface area contributed by atoms with Crippen LogP contribution in [0.15, 0.2) is 12.2 Å². The highest BCUT2D eigenvalue weighted by Gasteiger charge is 2.13. The van der Waals surface area contributed by atoms with E-state index in [9.17, 15) is 0 Å². The summed E-state index contributed by atoms with van der Waals surface area (Å²) in [7, 11) is 0. The molecule has 1 saturated heterocycles. The Balaban J connectivity index is 1.70. The van der Waals surface area contributed by atoms with Gasteiger partial charge < -0.3 is 14.6 Å². The predicted octanol–water partition coefficient (Wildman–Crippen LogP) is 6.54. The molecule has 1 N–H and O–H groups in total. The molecule has 0 radical (unpaired) electrons. The zero-order chi connectivity index (χ0) is 18.5. The van der Waals surface area contributed by atoms with E-state index in [1.54, 1.807) is 0 Å². The molecule has 1 heterocycles. The summed E-state index contributed by atoms with van der Waals surface area (Å²) in [4.78, 5) is 0. The first-order chi connectivity index (χ1) is 12.9. The van der Waals surface area contributed by atoms with Gasteiger partial charge in [-0.1, -0.05) is 63.5 Å². The van der Waals surface area contributed by atoms with Gasteiger partial charge in [0, 0.05) is 19.8 Å². The molecule has 1 atom stereocenters. The first-order valence-corrected chi connectivity index (χ1v) is 11.4. The first-order valence-electron chi connectivity index (χ1n) is 11.4. The SMILES string of the molecule is OCCCCCCCC/C=C\CCCCCCCCOC1CCCCO1. The van der Waals surface area contributed by atoms with Gasteiger partial charge in [-0.2, -0.15) is 0 Å². The van der Waals surface area contributed by atoms with E-state index in [0.29, 0.717) is 6.61 Å². The van der Waals surface area contributed by atoms with E-state index >= 15 is 0 Å². The molecule has 0 aromatic heterocycles. The average Bonchev–Trinajstić information content (AvgIpc) is 2.68. The van der Waals surface area contributed by atoms with Crippen molar-refractivity contribution in [1.82, 2.24) is 0 Å². The van der Waals surface area contributed by atoms with Crippen molar-refractivity contribution in [2.45, 2.75) is 115 Å². The van der Waals surface area contributed by atoms with Crippen LogP contribution in [0.3, 0.4) is 0 Å². The smallest absolute Gasteiger partial charge is 0.157 e. The fourth-order valence-corrected chi connectivity index (χ4v) is 3.45. The average molecular weight is 369 g/mol. The van der Waals surface area contributed by atoms with E-state index in [1.165, 1.54) is 96.3 Å². The summed E-state index contributed by atoms with van der Waals surface area (Å²) in [6.07, 6.45) is 26.2. The van der Waals surface area contributed by atoms with Crippen LogP contribution in [-0.2, 0) is 9.47 Å². The lowest BCUT2D eigenvalue weighted by Gasteiger charge is -2.22. The molecule has 0 aromatic carbocycles. The van der Waals surface area contributed by atoms with Gasteiger partial charge in [-0.05, 0) is 57.8 Å². The Bertz CT molecular complexity index is 298. The van der Waals surface area contributed by atoms with Gasteiger partial charge >= 0.3 is 0 Å². The molecule has 0 saturated carbocycles. The fourth-order valence-electron chi connectivity index (χ4n) is 3.45. The van der Waals surface area contributed by atoms with Crippen LogP contribution in [-0.4, -0.2) is 31.2 Å². The maximum atomic E-state index is 8.72. The van der Waals surface area contributed by atoms with Crippen molar-refractivity contribution >= 4 is 0 Å². The van der Waals surface area contributed by atoms with Gasteiger partial charge in [0.1, 0.15) is 0 Å². The Morgan fingerprint density at radius 3 is 1.88 bits per heavy atom. The van der Waals surface area contributed by atoms with Crippen LogP contribution >= 0.6 is 0 Å². The Hall–Kier alpha value is -0.380. The summed E-state index contributed by atoms with van der Waals surface area (Å²) < 4.78 is 11.3. The summed E-state index contributed by atoms with van der Waals surface area (Å²) in [6, 6.07) is 0. The van der Waals surface area contributed by atoms with E-state index in [4.69, 9.17) is 14.6 Å². The number of allylic oxidation sites excluding steroid dienone is 2. The van der Waals surface area contributed by atoms with E-state index in [0.717, 1.165) is 26.1 Å². The molecule has 1 rings (SSSR count). The number of unbranched alkanes of at least 4 members (excludes halogenated alkanes) is 12. The zero-order valence-electron chi connectivity index (χ0n) is 17.1. The van der Waals surface area contributed by atoms with Gasteiger partial charge in [0.25, 0.3) is 0 Å². The minimum Gasteiger partial charge on any atom is -0.396 e. The fraction of sp³-hybridized carbons (Fsp3) is 0.913. The summed E-state index contributed by atoms with van der Waals surface area (Å²) in [6.45, 7) is 2.10. The lowest BCUT2D eigenvalue weighted by atomic mass is 10.1. The van der Waals surface area contributed by atoms with Crippen molar-refractivity contribution in [2.75, 3.05) is 19.8 Å². The molecule has 0 aliphatic carbocycles. The van der Waals surface area contributed by atoms with Gasteiger partial charge in [-0.25, -0.2) is 0 Å². The van der Waals surface area contributed by atoms with Crippen LogP contribution in [0.1, 0.15) is 109 Å². The Morgan fingerprint density at radius 1 is 0.731 bits per heavy atom. The van der Waals surface area contributed by atoms with Gasteiger partial charge in [-0.15, -0.1) is 0 Å². The summed E-state index contributed by atoms with van der Waals surface area (Å²) in [5.41, 5.74) is 0. The van der Waals surface area contributed by atoms with Crippen LogP contribution in [0, 0.1) is 0 Å². The van der Waals surface area contributed by atoms with Gasteiger partial charge in [0.2, 0.25) is 0 Å². The van der Waals surface area contributed by atoms with E-state index in [-0.39, 0.29) is 6.29 Å². The van der Waals surface area contributed by atoms with E-state index in [2.05, 4.69) is 12.2 Å². The topological polar surface area (TPSA) is 38.7 Å². The second kappa shape index (κ2) is 19.4.